The molecule has 1 aliphatic carbocycles. The fourth-order valence-corrected chi connectivity index (χ4v) is 5.74. The van der Waals surface area contributed by atoms with Crippen LogP contribution < -0.4 is 10.1 Å². The van der Waals surface area contributed by atoms with Gasteiger partial charge < -0.3 is 10.1 Å². The molecule has 1 atom stereocenters. The fraction of sp³-hybridized carbons (Fsp3) is 0.375. The van der Waals surface area contributed by atoms with Crippen LogP contribution in [0.2, 0.25) is 0 Å². The number of carbonyl (C=O) groups is 2. The largest absolute Gasteiger partial charge is 0.426 e. The van der Waals surface area contributed by atoms with Crippen LogP contribution in [0, 0.1) is 0 Å². The molecule has 0 bridgehead atoms. The number of esters is 1. The molecule has 1 heterocycles. The maximum absolute atomic E-state index is 12.6. The molecule has 0 unspecified atom stereocenters. The molecule has 0 aliphatic heterocycles. The van der Waals surface area contributed by atoms with Gasteiger partial charge in [0.15, 0.2) is 0 Å². The van der Waals surface area contributed by atoms with E-state index < -0.39 is 0 Å². The molecule has 1 N–H and O–H groups in total. The highest BCUT2D eigenvalue weighted by Gasteiger charge is 2.26. The number of rotatable bonds is 13. The maximum Gasteiger partial charge on any atom is 0.311 e. The van der Waals surface area contributed by atoms with Crippen molar-refractivity contribution in [2.75, 3.05) is 19.6 Å². The fourth-order valence-electron chi connectivity index (χ4n) is 5.05. The van der Waals surface area contributed by atoms with E-state index in [0.29, 0.717) is 24.8 Å². The first-order valence-electron chi connectivity index (χ1n) is 13.7. The van der Waals surface area contributed by atoms with Crippen LogP contribution in [0.3, 0.4) is 0 Å². The van der Waals surface area contributed by atoms with Gasteiger partial charge in [0.1, 0.15) is 5.75 Å². The molecule has 38 heavy (non-hydrogen) atoms. The summed E-state index contributed by atoms with van der Waals surface area (Å²) >= 11 is 1.84. The van der Waals surface area contributed by atoms with E-state index in [4.69, 9.17) is 4.74 Å². The first kappa shape index (κ1) is 27.8. The SMILES string of the molecule is CCCN(CCc1cccs1)[C@H]1CCc2c(cccc2OC(=O)CCCNC(=O)/C=C/c2ccccc2)C1. The molecule has 6 heteroatoms. The number of nitrogens with one attached hydrogen (secondary N) is 1. The van der Waals surface area contributed by atoms with Crippen molar-refractivity contribution in [2.24, 2.45) is 0 Å². The highest BCUT2D eigenvalue weighted by molar-refractivity contribution is 7.09. The van der Waals surface area contributed by atoms with Crippen LogP contribution in [0.1, 0.15) is 54.2 Å². The van der Waals surface area contributed by atoms with E-state index in [1.54, 1.807) is 6.08 Å². The molecule has 2 aromatic carbocycles. The van der Waals surface area contributed by atoms with Crippen LogP contribution in [0.15, 0.2) is 72.1 Å². The Bertz CT molecular complexity index is 1190. The third-order valence-corrected chi connectivity index (χ3v) is 7.91. The maximum atomic E-state index is 12.6. The van der Waals surface area contributed by atoms with Crippen LogP contribution in [0.25, 0.3) is 6.08 Å². The van der Waals surface area contributed by atoms with Crippen LogP contribution >= 0.6 is 11.3 Å². The lowest BCUT2D eigenvalue weighted by Crippen LogP contribution is -2.41. The average molecular weight is 531 g/mol. The monoisotopic (exact) mass is 530 g/mol. The molecule has 0 saturated carbocycles. The molecule has 1 amide bonds. The molecular formula is C32H38N2O3S. The Morgan fingerprint density at radius 3 is 2.74 bits per heavy atom. The van der Waals surface area contributed by atoms with E-state index in [1.807, 2.05) is 53.8 Å². The van der Waals surface area contributed by atoms with E-state index in [1.165, 1.54) is 22.1 Å². The van der Waals surface area contributed by atoms with E-state index >= 15 is 0 Å². The van der Waals surface area contributed by atoms with Gasteiger partial charge in [0.05, 0.1) is 0 Å². The summed E-state index contributed by atoms with van der Waals surface area (Å²) in [5.41, 5.74) is 3.44. The second-order valence-corrected chi connectivity index (χ2v) is 10.8. The topological polar surface area (TPSA) is 58.6 Å². The molecule has 3 aromatic rings. The summed E-state index contributed by atoms with van der Waals surface area (Å²) < 4.78 is 5.79. The molecule has 0 spiro atoms. The number of ether oxygens (including phenoxy) is 1. The predicted octanol–water partition coefficient (Wildman–Crippen LogP) is 6.08. The van der Waals surface area contributed by atoms with Gasteiger partial charge in [-0.25, -0.2) is 0 Å². The van der Waals surface area contributed by atoms with Crippen molar-refractivity contribution in [1.29, 1.82) is 0 Å². The standard InChI is InChI=1S/C32H38N2O3S/c1-2-21-34(22-19-28-12-8-23-38-28)27-16-17-29-26(24-27)11-6-13-30(29)37-32(36)14-7-20-33-31(35)18-15-25-9-4-3-5-10-25/h3-6,8-13,15,18,23,27H,2,7,14,16-17,19-22,24H2,1H3,(H,33,35)/b18-15+/t27-/m0/s1. The number of hydrogen-bond acceptors (Lipinski definition) is 5. The van der Waals surface area contributed by atoms with Gasteiger partial charge in [-0.15, -0.1) is 11.3 Å². The van der Waals surface area contributed by atoms with Crippen molar-refractivity contribution < 1.29 is 14.3 Å². The van der Waals surface area contributed by atoms with Gasteiger partial charge in [-0.1, -0.05) is 55.5 Å². The summed E-state index contributed by atoms with van der Waals surface area (Å²) in [5.74, 6) is 0.279. The Kier molecular flexibility index (Phi) is 10.7. The Balaban J connectivity index is 1.23. The van der Waals surface area contributed by atoms with E-state index in [2.05, 4.69) is 40.7 Å². The molecule has 0 saturated heterocycles. The zero-order valence-corrected chi connectivity index (χ0v) is 23.1. The summed E-state index contributed by atoms with van der Waals surface area (Å²) in [4.78, 5) is 28.7. The van der Waals surface area contributed by atoms with Crippen LogP contribution in [0.4, 0.5) is 0 Å². The highest BCUT2D eigenvalue weighted by Crippen LogP contribution is 2.32. The van der Waals surface area contributed by atoms with Gasteiger partial charge in [0.2, 0.25) is 5.91 Å². The van der Waals surface area contributed by atoms with Crippen molar-refractivity contribution >= 4 is 29.3 Å². The number of hydrogen-bond donors (Lipinski definition) is 1. The summed E-state index contributed by atoms with van der Waals surface area (Å²) in [6, 6.07) is 20.6. The lowest BCUT2D eigenvalue weighted by Gasteiger charge is -2.35. The zero-order chi connectivity index (χ0) is 26.6. The number of carbonyl (C=O) groups excluding carboxylic acids is 2. The molecule has 1 aliphatic rings. The summed E-state index contributed by atoms with van der Waals surface area (Å²) in [5, 5.41) is 4.98. The van der Waals surface area contributed by atoms with Crippen molar-refractivity contribution in [3.8, 4) is 5.75 Å². The normalized spacial score (nSPS) is 14.9. The Labute approximate surface area is 230 Å². The van der Waals surface area contributed by atoms with Crippen molar-refractivity contribution in [3.63, 3.8) is 0 Å². The lowest BCUT2D eigenvalue weighted by molar-refractivity contribution is -0.134. The summed E-state index contributed by atoms with van der Waals surface area (Å²) in [6.07, 6.45) is 9.34. The number of thiophene rings is 1. The highest BCUT2D eigenvalue weighted by atomic mass is 32.1. The van der Waals surface area contributed by atoms with Gasteiger partial charge in [0.25, 0.3) is 0 Å². The van der Waals surface area contributed by atoms with Gasteiger partial charge in [-0.05, 0) is 85.3 Å². The average Bonchev–Trinajstić information content (AvgIpc) is 3.46. The van der Waals surface area contributed by atoms with E-state index in [9.17, 15) is 9.59 Å². The van der Waals surface area contributed by atoms with E-state index in [-0.39, 0.29) is 18.3 Å². The Hall–Kier alpha value is -3.22. The zero-order valence-electron chi connectivity index (χ0n) is 22.2. The lowest BCUT2D eigenvalue weighted by atomic mass is 9.86. The third-order valence-electron chi connectivity index (χ3n) is 6.97. The molecule has 1 aromatic heterocycles. The molecule has 0 fully saturated rings. The molecule has 5 nitrogen and oxygen atoms in total. The van der Waals surface area contributed by atoms with Crippen LogP contribution in [0.5, 0.6) is 5.75 Å². The number of amides is 1. The molecule has 0 radical (unpaired) electrons. The minimum Gasteiger partial charge on any atom is -0.426 e. The molecule has 200 valence electrons. The molecule has 4 rings (SSSR count). The minimum atomic E-state index is -0.252. The predicted molar refractivity (Wildman–Crippen MR) is 155 cm³/mol. The number of fused-ring (bicyclic) bond motifs is 1. The smallest absolute Gasteiger partial charge is 0.311 e. The Morgan fingerprint density at radius 2 is 1.95 bits per heavy atom. The van der Waals surface area contributed by atoms with Gasteiger partial charge in [0, 0.05) is 36.5 Å². The quantitative estimate of drug-likeness (QED) is 0.126. The second-order valence-electron chi connectivity index (χ2n) is 9.77. The van der Waals surface area contributed by atoms with Crippen molar-refractivity contribution in [2.45, 2.75) is 57.9 Å². The van der Waals surface area contributed by atoms with E-state index in [0.717, 1.165) is 50.8 Å². The van der Waals surface area contributed by atoms with Crippen molar-refractivity contribution in [3.05, 3.63) is 93.7 Å². The minimum absolute atomic E-state index is 0.165. The number of nitrogens with zero attached hydrogens (tertiary/aromatic N) is 1. The first-order valence-corrected chi connectivity index (χ1v) is 14.6. The van der Waals surface area contributed by atoms with Crippen LogP contribution in [-0.4, -0.2) is 42.5 Å². The second kappa shape index (κ2) is 14.6. The summed E-state index contributed by atoms with van der Waals surface area (Å²) in [7, 11) is 0. The molecular weight excluding hydrogens is 492 g/mol. The van der Waals surface area contributed by atoms with Gasteiger partial charge in [-0.3, -0.25) is 14.5 Å². The van der Waals surface area contributed by atoms with Crippen LogP contribution in [-0.2, 0) is 28.9 Å². The number of benzene rings is 2. The van der Waals surface area contributed by atoms with Gasteiger partial charge in [-0.2, -0.15) is 0 Å². The Morgan fingerprint density at radius 1 is 1.08 bits per heavy atom. The van der Waals surface area contributed by atoms with Gasteiger partial charge >= 0.3 is 5.97 Å². The first-order chi connectivity index (χ1) is 18.6. The van der Waals surface area contributed by atoms with Crippen molar-refractivity contribution in [1.82, 2.24) is 10.2 Å². The summed E-state index contributed by atoms with van der Waals surface area (Å²) in [6.45, 7) is 4.87. The third kappa shape index (κ3) is 8.40.